The summed E-state index contributed by atoms with van der Waals surface area (Å²) in [4.78, 5) is 15.3. The number of thiophene rings is 1. The Bertz CT molecular complexity index is 591. The SMILES string of the molecule is COC1CCN(C(=O)c2cc(B3OC(C)(C)C(C)(C)O3)cs2)CC1. The lowest BCUT2D eigenvalue weighted by molar-refractivity contribution is 0.00578. The van der Waals surface area contributed by atoms with Gasteiger partial charge in [-0.05, 0) is 57.4 Å². The van der Waals surface area contributed by atoms with E-state index in [1.54, 1.807) is 7.11 Å². The van der Waals surface area contributed by atoms with E-state index in [2.05, 4.69) is 0 Å². The molecule has 2 fully saturated rings. The number of methoxy groups -OCH3 is 1. The first-order chi connectivity index (χ1) is 11.2. The Morgan fingerprint density at radius 3 is 2.38 bits per heavy atom. The standard InChI is InChI=1S/C17H26BNO4S/c1-16(2)17(3,4)23-18(22-16)12-10-14(24-11-12)15(20)19-8-6-13(21-5)7-9-19/h10-11,13H,6-9H2,1-5H3. The summed E-state index contributed by atoms with van der Waals surface area (Å²) in [5.41, 5.74) is 0.186. The Morgan fingerprint density at radius 2 is 1.83 bits per heavy atom. The number of rotatable bonds is 3. The molecule has 24 heavy (non-hydrogen) atoms. The number of amides is 1. The minimum Gasteiger partial charge on any atom is -0.399 e. The van der Waals surface area contributed by atoms with Crippen molar-refractivity contribution in [3.8, 4) is 0 Å². The third-order valence-corrected chi connectivity index (χ3v) is 6.35. The van der Waals surface area contributed by atoms with Crippen LogP contribution in [0.5, 0.6) is 0 Å². The van der Waals surface area contributed by atoms with Crippen LogP contribution in [0.25, 0.3) is 0 Å². The number of likely N-dealkylation sites (tertiary alicyclic amines) is 1. The Kier molecular flexibility index (Phi) is 4.81. The molecule has 0 spiro atoms. The van der Waals surface area contributed by atoms with Gasteiger partial charge in [-0.2, -0.15) is 0 Å². The lowest BCUT2D eigenvalue weighted by Crippen LogP contribution is -2.41. The first kappa shape index (κ1) is 17.9. The second-order valence-corrected chi connectivity index (χ2v) is 8.47. The fourth-order valence-electron chi connectivity index (χ4n) is 3.02. The predicted octanol–water partition coefficient (Wildman–Crippen LogP) is 2.30. The summed E-state index contributed by atoms with van der Waals surface area (Å²) < 4.78 is 17.5. The Balaban J connectivity index is 1.67. The van der Waals surface area contributed by atoms with Crippen molar-refractivity contribution in [2.75, 3.05) is 20.2 Å². The van der Waals surface area contributed by atoms with Gasteiger partial charge < -0.3 is 18.9 Å². The van der Waals surface area contributed by atoms with Gasteiger partial charge in [0.15, 0.2) is 0 Å². The van der Waals surface area contributed by atoms with Crippen LogP contribution in [0.15, 0.2) is 11.4 Å². The molecule has 7 heteroatoms. The summed E-state index contributed by atoms with van der Waals surface area (Å²) in [6.45, 7) is 9.63. The molecule has 0 N–H and O–H groups in total. The van der Waals surface area contributed by atoms with Crippen LogP contribution < -0.4 is 5.46 Å². The topological polar surface area (TPSA) is 48.0 Å². The van der Waals surface area contributed by atoms with Gasteiger partial charge in [-0.3, -0.25) is 4.79 Å². The lowest BCUT2D eigenvalue weighted by atomic mass is 9.81. The van der Waals surface area contributed by atoms with Gasteiger partial charge in [0.05, 0.1) is 22.2 Å². The molecule has 2 aliphatic rings. The van der Waals surface area contributed by atoms with Gasteiger partial charge in [0.25, 0.3) is 5.91 Å². The third-order valence-electron chi connectivity index (χ3n) is 5.42. The van der Waals surface area contributed by atoms with E-state index in [0.717, 1.165) is 36.3 Å². The van der Waals surface area contributed by atoms with Crippen LogP contribution in [0.3, 0.4) is 0 Å². The van der Waals surface area contributed by atoms with E-state index in [4.69, 9.17) is 14.0 Å². The molecule has 1 aromatic rings. The maximum absolute atomic E-state index is 12.7. The minimum absolute atomic E-state index is 0.0947. The number of carbonyl (C=O) groups excluding carboxylic acids is 1. The molecule has 132 valence electrons. The zero-order valence-corrected chi connectivity index (χ0v) is 15.9. The zero-order chi connectivity index (χ0) is 17.5. The smallest absolute Gasteiger partial charge is 0.399 e. The highest BCUT2D eigenvalue weighted by atomic mass is 32.1. The highest BCUT2D eigenvalue weighted by Gasteiger charge is 2.52. The summed E-state index contributed by atoms with van der Waals surface area (Å²) in [7, 11) is 1.32. The molecule has 3 heterocycles. The molecule has 1 amide bonds. The van der Waals surface area contributed by atoms with E-state index in [-0.39, 0.29) is 23.2 Å². The largest absolute Gasteiger partial charge is 0.495 e. The van der Waals surface area contributed by atoms with Crippen molar-refractivity contribution in [2.45, 2.75) is 57.8 Å². The van der Waals surface area contributed by atoms with Crippen molar-refractivity contribution in [1.82, 2.24) is 4.90 Å². The molecule has 0 unspecified atom stereocenters. The van der Waals surface area contributed by atoms with Gasteiger partial charge in [-0.15, -0.1) is 11.3 Å². The zero-order valence-electron chi connectivity index (χ0n) is 15.1. The van der Waals surface area contributed by atoms with E-state index in [9.17, 15) is 4.79 Å². The van der Waals surface area contributed by atoms with Gasteiger partial charge in [-0.25, -0.2) is 0 Å². The molecular weight excluding hydrogens is 325 g/mol. The van der Waals surface area contributed by atoms with Gasteiger partial charge in [0, 0.05) is 20.2 Å². The molecule has 0 saturated carbocycles. The van der Waals surface area contributed by atoms with Crippen LogP contribution in [-0.2, 0) is 14.0 Å². The maximum Gasteiger partial charge on any atom is 0.495 e. The van der Waals surface area contributed by atoms with Crippen LogP contribution in [0.2, 0.25) is 0 Å². The van der Waals surface area contributed by atoms with Gasteiger partial charge in [0.1, 0.15) is 0 Å². The molecule has 0 aromatic carbocycles. The quantitative estimate of drug-likeness (QED) is 0.784. The molecule has 2 saturated heterocycles. The van der Waals surface area contributed by atoms with Crippen molar-refractivity contribution >= 4 is 29.8 Å². The maximum atomic E-state index is 12.7. The van der Waals surface area contributed by atoms with Crippen LogP contribution in [-0.4, -0.2) is 55.4 Å². The van der Waals surface area contributed by atoms with Gasteiger partial charge >= 0.3 is 7.12 Å². The normalized spacial score (nSPS) is 23.7. The monoisotopic (exact) mass is 351 g/mol. The fraction of sp³-hybridized carbons (Fsp3) is 0.706. The Hall–Kier alpha value is -0.885. The average molecular weight is 351 g/mol. The van der Waals surface area contributed by atoms with E-state index in [0.29, 0.717) is 0 Å². The van der Waals surface area contributed by atoms with Crippen molar-refractivity contribution in [2.24, 2.45) is 0 Å². The third kappa shape index (κ3) is 3.27. The summed E-state index contributed by atoms with van der Waals surface area (Å²) >= 11 is 1.46. The van der Waals surface area contributed by atoms with E-state index >= 15 is 0 Å². The lowest BCUT2D eigenvalue weighted by Gasteiger charge is -2.32. The molecule has 2 aliphatic heterocycles. The average Bonchev–Trinajstić information content (AvgIpc) is 3.10. The van der Waals surface area contributed by atoms with Gasteiger partial charge in [0.2, 0.25) is 0 Å². The van der Waals surface area contributed by atoms with Crippen molar-refractivity contribution in [3.63, 3.8) is 0 Å². The van der Waals surface area contributed by atoms with Gasteiger partial charge in [-0.1, -0.05) is 0 Å². The number of carbonyl (C=O) groups is 1. The highest BCUT2D eigenvalue weighted by molar-refractivity contribution is 7.13. The number of hydrogen-bond donors (Lipinski definition) is 0. The number of nitrogens with zero attached hydrogens (tertiary/aromatic N) is 1. The minimum atomic E-state index is -0.410. The molecular formula is C17H26BNO4S. The van der Waals surface area contributed by atoms with Crippen LogP contribution in [0.1, 0.15) is 50.2 Å². The number of piperidine rings is 1. The fourth-order valence-corrected chi connectivity index (χ4v) is 3.89. The van der Waals surface area contributed by atoms with Crippen molar-refractivity contribution in [1.29, 1.82) is 0 Å². The molecule has 0 atom stereocenters. The highest BCUT2D eigenvalue weighted by Crippen LogP contribution is 2.36. The molecule has 0 aliphatic carbocycles. The van der Waals surface area contributed by atoms with Crippen molar-refractivity contribution in [3.05, 3.63) is 16.3 Å². The summed E-state index contributed by atoms with van der Waals surface area (Å²) in [6, 6.07) is 1.91. The predicted molar refractivity (Wildman–Crippen MR) is 96.0 cm³/mol. The van der Waals surface area contributed by atoms with Crippen molar-refractivity contribution < 1.29 is 18.8 Å². The van der Waals surface area contributed by atoms with E-state index < -0.39 is 7.12 Å². The Labute approximate surface area is 148 Å². The molecule has 3 rings (SSSR count). The number of hydrogen-bond acceptors (Lipinski definition) is 5. The summed E-state index contributed by atoms with van der Waals surface area (Å²) in [6.07, 6.45) is 2.08. The van der Waals surface area contributed by atoms with Crippen LogP contribution >= 0.6 is 11.3 Å². The molecule has 0 bridgehead atoms. The van der Waals surface area contributed by atoms with E-state index in [1.165, 1.54) is 11.3 Å². The van der Waals surface area contributed by atoms with Crippen LogP contribution in [0.4, 0.5) is 0 Å². The second kappa shape index (κ2) is 6.44. The number of ether oxygens (including phenoxy) is 1. The Morgan fingerprint density at radius 1 is 1.25 bits per heavy atom. The first-order valence-corrected chi connectivity index (χ1v) is 9.37. The molecule has 0 radical (unpaired) electrons. The summed E-state index contributed by atoms with van der Waals surface area (Å²) in [5.74, 6) is 0.0947. The molecule has 1 aromatic heterocycles. The summed E-state index contributed by atoms with van der Waals surface area (Å²) in [5, 5.41) is 1.97. The second-order valence-electron chi connectivity index (χ2n) is 7.56. The molecule has 5 nitrogen and oxygen atoms in total. The van der Waals surface area contributed by atoms with Crippen LogP contribution in [0, 0.1) is 0 Å². The van der Waals surface area contributed by atoms with E-state index in [1.807, 2.05) is 44.0 Å². The first-order valence-electron chi connectivity index (χ1n) is 8.49.